The molecule has 2 N–H and O–H groups in total. The predicted molar refractivity (Wildman–Crippen MR) is 60.9 cm³/mol. The van der Waals surface area contributed by atoms with Crippen molar-refractivity contribution >= 4 is 17.6 Å². The van der Waals surface area contributed by atoms with E-state index in [0.29, 0.717) is 11.9 Å². The quantitative estimate of drug-likeness (QED) is 0.626. The molecule has 1 aliphatic rings. The molecule has 1 unspecified atom stereocenters. The largest absolute Gasteiger partial charge is 0.383 e. The molecule has 82 valence electrons. The summed E-state index contributed by atoms with van der Waals surface area (Å²) in [4.78, 5) is 8.16. The van der Waals surface area contributed by atoms with E-state index in [1.807, 2.05) is 6.92 Å². The molecule has 1 aromatic heterocycles. The second-order valence-corrected chi connectivity index (χ2v) is 4.64. The fourth-order valence-corrected chi connectivity index (χ4v) is 2.59. The second-order valence-electron chi connectivity index (χ2n) is 3.64. The van der Waals surface area contributed by atoms with Crippen LogP contribution in [0.3, 0.4) is 0 Å². The highest BCUT2D eigenvalue weighted by Gasteiger charge is 2.16. The molecule has 5 heteroatoms. The summed E-state index contributed by atoms with van der Waals surface area (Å²) in [6, 6.07) is 0. The molecular weight excluding hydrogens is 210 g/mol. The average molecular weight is 225 g/mol. The van der Waals surface area contributed by atoms with Crippen molar-refractivity contribution in [2.75, 3.05) is 18.1 Å². The summed E-state index contributed by atoms with van der Waals surface area (Å²) in [5.41, 5.74) is 6.68. The number of thioether (sulfide) groups is 1. The lowest BCUT2D eigenvalue weighted by Gasteiger charge is -2.09. The number of aromatic nitrogens is 2. The minimum atomic E-state index is 0.380. The van der Waals surface area contributed by atoms with Crippen molar-refractivity contribution in [2.24, 2.45) is 0 Å². The summed E-state index contributed by atoms with van der Waals surface area (Å²) in [6.07, 6.45) is 4.23. The molecule has 15 heavy (non-hydrogen) atoms. The van der Waals surface area contributed by atoms with Crippen molar-refractivity contribution in [1.29, 1.82) is 0 Å². The van der Waals surface area contributed by atoms with Crippen LogP contribution in [-0.2, 0) is 4.74 Å². The molecule has 1 aromatic rings. The van der Waals surface area contributed by atoms with Crippen LogP contribution in [0.4, 0.5) is 5.82 Å². The third-order valence-electron chi connectivity index (χ3n) is 2.51. The van der Waals surface area contributed by atoms with E-state index in [-0.39, 0.29) is 0 Å². The molecule has 1 atom stereocenters. The van der Waals surface area contributed by atoms with Gasteiger partial charge in [-0.2, -0.15) is 0 Å². The van der Waals surface area contributed by atoms with Gasteiger partial charge >= 0.3 is 0 Å². The van der Waals surface area contributed by atoms with Crippen LogP contribution in [0.25, 0.3) is 0 Å². The Morgan fingerprint density at radius 1 is 1.60 bits per heavy atom. The van der Waals surface area contributed by atoms with Crippen LogP contribution < -0.4 is 5.73 Å². The smallest absolute Gasteiger partial charge is 0.130 e. The molecule has 0 bridgehead atoms. The molecule has 2 rings (SSSR count). The van der Waals surface area contributed by atoms with Gasteiger partial charge in [-0.1, -0.05) is 0 Å². The number of nitrogens with zero attached hydrogens (tertiary/aromatic N) is 2. The minimum absolute atomic E-state index is 0.380. The van der Waals surface area contributed by atoms with Crippen molar-refractivity contribution in [3.63, 3.8) is 0 Å². The standard InChI is InChI=1S/C10H15N3OS/c1-7-9(11)12-6-13-10(7)15-5-8-3-2-4-14-8/h6,8H,2-5H2,1H3,(H2,11,12,13). The molecule has 0 radical (unpaired) electrons. The fourth-order valence-electron chi connectivity index (χ4n) is 1.54. The van der Waals surface area contributed by atoms with E-state index in [9.17, 15) is 0 Å². The van der Waals surface area contributed by atoms with Crippen LogP contribution in [0, 0.1) is 6.92 Å². The first-order valence-electron chi connectivity index (χ1n) is 5.09. The number of ether oxygens (including phenoxy) is 1. The van der Waals surface area contributed by atoms with E-state index in [0.717, 1.165) is 29.4 Å². The zero-order valence-corrected chi connectivity index (χ0v) is 9.59. The van der Waals surface area contributed by atoms with Crippen LogP contribution in [0.2, 0.25) is 0 Å². The summed E-state index contributed by atoms with van der Waals surface area (Å²) >= 11 is 1.70. The van der Waals surface area contributed by atoms with E-state index < -0.39 is 0 Å². The van der Waals surface area contributed by atoms with Gasteiger partial charge in [-0.05, 0) is 19.8 Å². The van der Waals surface area contributed by atoms with Gasteiger partial charge in [-0.3, -0.25) is 0 Å². The van der Waals surface area contributed by atoms with Crippen molar-refractivity contribution in [1.82, 2.24) is 9.97 Å². The molecule has 0 amide bonds. The van der Waals surface area contributed by atoms with E-state index in [2.05, 4.69) is 9.97 Å². The summed E-state index contributed by atoms with van der Waals surface area (Å²) < 4.78 is 5.55. The SMILES string of the molecule is Cc1c(N)ncnc1SCC1CCCO1. The van der Waals surface area contributed by atoms with Gasteiger partial charge in [-0.25, -0.2) is 9.97 Å². The molecule has 0 aromatic carbocycles. The molecule has 1 aliphatic heterocycles. The first-order valence-corrected chi connectivity index (χ1v) is 6.07. The number of nitrogen functional groups attached to an aromatic ring is 1. The molecule has 4 nitrogen and oxygen atoms in total. The van der Waals surface area contributed by atoms with Crippen LogP contribution in [0.15, 0.2) is 11.4 Å². The summed E-state index contributed by atoms with van der Waals surface area (Å²) in [5.74, 6) is 1.52. The molecule has 0 saturated carbocycles. The second kappa shape index (κ2) is 4.81. The van der Waals surface area contributed by atoms with Crippen LogP contribution >= 0.6 is 11.8 Å². The van der Waals surface area contributed by atoms with Crippen LogP contribution in [0.5, 0.6) is 0 Å². The minimum Gasteiger partial charge on any atom is -0.383 e. The normalized spacial score (nSPS) is 20.7. The first-order chi connectivity index (χ1) is 7.27. The van der Waals surface area contributed by atoms with Gasteiger partial charge in [0, 0.05) is 17.9 Å². The molecule has 2 heterocycles. The Morgan fingerprint density at radius 3 is 3.20 bits per heavy atom. The van der Waals surface area contributed by atoms with Gasteiger partial charge < -0.3 is 10.5 Å². The van der Waals surface area contributed by atoms with Gasteiger partial charge in [-0.15, -0.1) is 11.8 Å². The molecule has 0 spiro atoms. The summed E-state index contributed by atoms with van der Waals surface area (Å²) in [6.45, 7) is 2.85. The monoisotopic (exact) mass is 225 g/mol. The number of hydrogen-bond acceptors (Lipinski definition) is 5. The summed E-state index contributed by atoms with van der Waals surface area (Å²) in [5, 5.41) is 0.970. The van der Waals surface area contributed by atoms with Crippen molar-refractivity contribution in [3.05, 3.63) is 11.9 Å². The number of nitrogens with two attached hydrogens (primary N) is 1. The Labute approximate surface area is 93.6 Å². The van der Waals surface area contributed by atoms with Gasteiger partial charge in [0.05, 0.1) is 6.10 Å². The van der Waals surface area contributed by atoms with Gasteiger partial charge in [0.25, 0.3) is 0 Å². The topological polar surface area (TPSA) is 61.0 Å². The maximum absolute atomic E-state index is 5.71. The predicted octanol–water partition coefficient (Wildman–Crippen LogP) is 1.64. The zero-order chi connectivity index (χ0) is 10.7. The first kappa shape index (κ1) is 10.7. The molecule has 1 fully saturated rings. The van der Waals surface area contributed by atoms with E-state index in [1.165, 1.54) is 12.7 Å². The number of hydrogen-bond donors (Lipinski definition) is 1. The van der Waals surface area contributed by atoms with E-state index >= 15 is 0 Å². The van der Waals surface area contributed by atoms with Crippen LogP contribution in [-0.4, -0.2) is 28.4 Å². The number of rotatable bonds is 3. The third-order valence-corrected chi connectivity index (χ3v) is 3.73. The van der Waals surface area contributed by atoms with Gasteiger partial charge in [0.2, 0.25) is 0 Å². The molecular formula is C10H15N3OS. The van der Waals surface area contributed by atoms with Crippen molar-refractivity contribution in [3.8, 4) is 0 Å². The van der Waals surface area contributed by atoms with Crippen LogP contribution in [0.1, 0.15) is 18.4 Å². The Bertz CT molecular complexity index is 339. The van der Waals surface area contributed by atoms with E-state index in [4.69, 9.17) is 10.5 Å². The number of anilines is 1. The zero-order valence-electron chi connectivity index (χ0n) is 8.77. The highest BCUT2D eigenvalue weighted by atomic mass is 32.2. The highest BCUT2D eigenvalue weighted by Crippen LogP contribution is 2.25. The lowest BCUT2D eigenvalue weighted by atomic mass is 10.3. The maximum Gasteiger partial charge on any atom is 0.130 e. The Hall–Kier alpha value is -0.810. The van der Waals surface area contributed by atoms with Gasteiger partial charge in [0.15, 0.2) is 0 Å². The van der Waals surface area contributed by atoms with Crippen molar-refractivity contribution < 1.29 is 4.74 Å². The lowest BCUT2D eigenvalue weighted by Crippen LogP contribution is -2.08. The fraction of sp³-hybridized carbons (Fsp3) is 0.600. The van der Waals surface area contributed by atoms with Gasteiger partial charge in [0.1, 0.15) is 17.2 Å². The molecule has 0 aliphatic carbocycles. The lowest BCUT2D eigenvalue weighted by molar-refractivity contribution is 0.129. The summed E-state index contributed by atoms with van der Waals surface area (Å²) in [7, 11) is 0. The Morgan fingerprint density at radius 2 is 2.47 bits per heavy atom. The molecule has 1 saturated heterocycles. The average Bonchev–Trinajstić information content (AvgIpc) is 2.73. The van der Waals surface area contributed by atoms with E-state index in [1.54, 1.807) is 11.8 Å². The highest BCUT2D eigenvalue weighted by molar-refractivity contribution is 7.99. The van der Waals surface area contributed by atoms with Crippen molar-refractivity contribution in [2.45, 2.75) is 30.9 Å². The Balaban J connectivity index is 1.95. The maximum atomic E-state index is 5.71. The third kappa shape index (κ3) is 2.60. The Kier molecular flexibility index (Phi) is 3.43.